The number of nitrogens with one attached hydrogen (secondary N) is 1. The number of amides is 2. The van der Waals surface area contributed by atoms with Crippen molar-refractivity contribution in [3.63, 3.8) is 0 Å². The van der Waals surface area contributed by atoms with Gasteiger partial charge in [0.25, 0.3) is 5.91 Å². The van der Waals surface area contributed by atoms with Crippen molar-refractivity contribution in [2.75, 3.05) is 13.1 Å². The molecular weight excluding hydrogens is 409 g/mol. The van der Waals surface area contributed by atoms with E-state index in [1.54, 1.807) is 31.5 Å². The summed E-state index contributed by atoms with van der Waals surface area (Å²) in [4.78, 5) is 31.5. The fraction of sp³-hybridized carbons (Fsp3) is 0.240. The third kappa shape index (κ3) is 4.77. The van der Waals surface area contributed by atoms with Gasteiger partial charge < -0.3 is 15.0 Å². The fourth-order valence-electron chi connectivity index (χ4n) is 3.83. The normalized spacial score (nSPS) is 16.9. The number of aromatic nitrogens is 1. The van der Waals surface area contributed by atoms with Gasteiger partial charge in [-0.2, -0.15) is 0 Å². The second kappa shape index (κ2) is 9.60. The number of ether oxygens (including phenoxy) is 1. The van der Waals surface area contributed by atoms with Crippen LogP contribution in [0.2, 0.25) is 0 Å². The molecule has 1 aliphatic heterocycles. The van der Waals surface area contributed by atoms with Crippen LogP contribution in [0, 0.1) is 5.82 Å². The Morgan fingerprint density at radius 1 is 1.19 bits per heavy atom. The fourth-order valence-corrected chi connectivity index (χ4v) is 3.83. The van der Waals surface area contributed by atoms with E-state index in [1.165, 1.54) is 17.0 Å². The van der Waals surface area contributed by atoms with Gasteiger partial charge in [0.2, 0.25) is 5.91 Å². The number of piperazine rings is 1. The molecule has 0 aliphatic carbocycles. The van der Waals surface area contributed by atoms with Crippen LogP contribution in [0.25, 0.3) is 11.1 Å². The molecule has 0 saturated carbocycles. The predicted octanol–water partition coefficient (Wildman–Crippen LogP) is 3.22. The van der Waals surface area contributed by atoms with Crippen molar-refractivity contribution < 1.29 is 18.7 Å². The highest BCUT2D eigenvalue weighted by molar-refractivity contribution is 5.90. The van der Waals surface area contributed by atoms with E-state index in [4.69, 9.17) is 4.74 Å². The maximum Gasteiger partial charge on any atom is 0.264 e. The zero-order valence-corrected chi connectivity index (χ0v) is 17.7. The van der Waals surface area contributed by atoms with Gasteiger partial charge in [0.15, 0.2) is 17.7 Å². The minimum Gasteiger partial charge on any atom is -0.478 e. The molecule has 2 heterocycles. The number of hydrogen-bond donors (Lipinski definition) is 1. The lowest BCUT2D eigenvalue weighted by Crippen LogP contribution is -2.60. The number of pyridine rings is 1. The van der Waals surface area contributed by atoms with Gasteiger partial charge >= 0.3 is 0 Å². The number of carbonyl (C=O) groups excluding carboxylic acids is 2. The van der Waals surface area contributed by atoms with Gasteiger partial charge in [-0.25, -0.2) is 4.39 Å². The summed E-state index contributed by atoms with van der Waals surface area (Å²) in [5, 5.41) is 2.84. The number of benzene rings is 2. The summed E-state index contributed by atoms with van der Waals surface area (Å²) in [6.07, 6.45) is 2.93. The molecule has 32 heavy (non-hydrogen) atoms. The summed E-state index contributed by atoms with van der Waals surface area (Å²) in [5.41, 5.74) is 2.89. The van der Waals surface area contributed by atoms with E-state index >= 15 is 0 Å². The van der Waals surface area contributed by atoms with Crippen LogP contribution in [-0.2, 0) is 16.0 Å². The molecule has 0 radical (unpaired) electrons. The molecule has 1 saturated heterocycles. The first-order valence-corrected chi connectivity index (χ1v) is 10.5. The Morgan fingerprint density at radius 3 is 2.78 bits per heavy atom. The van der Waals surface area contributed by atoms with Crippen molar-refractivity contribution in [1.82, 2.24) is 15.2 Å². The van der Waals surface area contributed by atoms with Crippen LogP contribution >= 0.6 is 0 Å². The minimum atomic E-state index is -0.929. The van der Waals surface area contributed by atoms with E-state index in [0.29, 0.717) is 19.5 Å². The van der Waals surface area contributed by atoms with Gasteiger partial charge in [0.1, 0.15) is 6.04 Å². The van der Waals surface area contributed by atoms with Crippen LogP contribution in [0.4, 0.5) is 4.39 Å². The first-order chi connectivity index (χ1) is 15.5. The number of nitrogens with zero attached hydrogens (tertiary/aromatic N) is 2. The Labute approximate surface area is 186 Å². The van der Waals surface area contributed by atoms with Crippen LogP contribution in [0.3, 0.4) is 0 Å². The summed E-state index contributed by atoms with van der Waals surface area (Å²) in [7, 11) is 0. The van der Waals surface area contributed by atoms with E-state index in [2.05, 4.69) is 10.3 Å². The molecule has 6 nitrogen and oxygen atoms in total. The molecular formula is C25H24FN3O3. The lowest BCUT2D eigenvalue weighted by atomic mass is 9.98. The highest BCUT2D eigenvalue weighted by atomic mass is 19.1. The molecule has 0 spiro atoms. The van der Waals surface area contributed by atoms with Crippen LogP contribution < -0.4 is 10.1 Å². The van der Waals surface area contributed by atoms with Gasteiger partial charge in [-0.15, -0.1) is 0 Å². The smallest absolute Gasteiger partial charge is 0.264 e. The zero-order valence-electron chi connectivity index (χ0n) is 17.7. The van der Waals surface area contributed by atoms with Crippen molar-refractivity contribution in [3.05, 3.63) is 84.4 Å². The van der Waals surface area contributed by atoms with Crippen molar-refractivity contribution in [2.45, 2.75) is 25.5 Å². The third-order valence-electron chi connectivity index (χ3n) is 5.45. The average molecular weight is 433 g/mol. The first kappa shape index (κ1) is 21.5. The van der Waals surface area contributed by atoms with Gasteiger partial charge in [-0.3, -0.25) is 14.6 Å². The monoisotopic (exact) mass is 433 g/mol. The standard InChI is InChI=1S/C25H24FN3O3/c1-17(32-23-10-3-2-9-21(23)26)25(31)29-13-12-28-24(30)22(29)15-18-6-4-7-19(14-18)20-8-5-11-27-16-20/h2-11,14,16-17,22H,12-13,15H2,1H3,(H,28,30)/t17-,22-/m1/s1. The number of para-hydroxylation sites is 1. The minimum absolute atomic E-state index is 0.00975. The van der Waals surface area contributed by atoms with Crippen LogP contribution in [-0.4, -0.2) is 46.9 Å². The Morgan fingerprint density at radius 2 is 2.00 bits per heavy atom. The van der Waals surface area contributed by atoms with Crippen LogP contribution in [0.1, 0.15) is 12.5 Å². The van der Waals surface area contributed by atoms with E-state index < -0.39 is 18.0 Å². The van der Waals surface area contributed by atoms with Crippen molar-refractivity contribution in [1.29, 1.82) is 0 Å². The van der Waals surface area contributed by atoms with E-state index in [1.807, 2.05) is 36.4 Å². The number of halogens is 1. The van der Waals surface area contributed by atoms with Crippen molar-refractivity contribution in [2.24, 2.45) is 0 Å². The quantitative estimate of drug-likeness (QED) is 0.648. The van der Waals surface area contributed by atoms with Gasteiger partial charge in [-0.1, -0.05) is 42.5 Å². The highest BCUT2D eigenvalue weighted by Gasteiger charge is 2.36. The molecule has 7 heteroatoms. The Kier molecular flexibility index (Phi) is 6.44. The molecule has 0 unspecified atom stereocenters. The van der Waals surface area contributed by atoms with E-state index in [-0.39, 0.29) is 17.6 Å². The molecule has 1 N–H and O–H groups in total. The number of rotatable bonds is 6. The second-order valence-corrected chi connectivity index (χ2v) is 7.68. The topological polar surface area (TPSA) is 71.5 Å². The van der Waals surface area contributed by atoms with E-state index in [9.17, 15) is 14.0 Å². The SMILES string of the molecule is C[C@@H](Oc1ccccc1F)C(=O)N1CCNC(=O)[C@H]1Cc1cccc(-c2cccnc2)c1. The summed E-state index contributed by atoms with van der Waals surface area (Å²) in [5.74, 6) is -1.09. The Hall–Kier alpha value is -3.74. The highest BCUT2D eigenvalue weighted by Crippen LogP contribution is 2.23. The number of carbonyl (C=O) groups is 2. The third-order valence-corrected chi connectivity index (χ3v) is 5.45. The van der Waals surface area contributed by atoms with Gasteiger partial charge in [0.05, 0.1) is 0 Å². The summed E-state index contributed by atoms with van der Waals surface area (Å²) in [6.45, 7) is 2.30. The van der Waals surface area contributed by atoms with Crippen molar-refractivity contribution >= 4 is 11.8 Å². The average Bonchev–Trinajstić information content (AvgIpc) is 2.82. The van der Waals surface area contributed by atoms with Gasteiger partial charge in [-0.05, 0) is 41.8 Å². The molecule has 1 aliphatic rings. The molecule has 1 aromatic heterocycles. The summed E-state index contributed by atoms with van der Waals surface area (Å²) in [6, 6.07) is 17.0. The Bertz CT molecular complexity index is 1110. The zero-order chi connectivity index (χ0) is 22.5. The van der Waals surface area contributed by atoms with E-state index in [0.717, 1.165) is 16.7 Å². The van der Waals surface area contributed by atoms with Crippen molar-refractivity contribution in [3.8, 4) is 16.9 Å². The lowest BCUT2D eigenvalue weighted by molar-refractivity contribution is -0.148. The lowest BCUT2D eigenvalue weighted by Gasteiger charge is -2.36. The first-order valence-electron chi connectivity index (χ1n) is 10.5. The molecule has 2 atom stereocenters. The number of hydrogen-bond acceptors (Lipinski definition) is 4. The molecule has 4 rings (SSSR count). The second-order valence-electron chi connectivity index (χ2n) is 7.68. The van der Waals surface area contributed by atoms with Crippen LogP contribution in [0.15, 0.2) is 73.1 Å². The molecule has 164 valence electrons. The summed E-state index contributed by atoms with van der Waals surface area (Å²) < 4.78 is 19.5. The molecule has 0 bridgehead atoms. The maximum absolute atomic E-state index is 13.9. The molecule has 1 fully saturated rings. The summed E-state index contributed by atoms with van der Waals surface area (Å²) >= 11 is 0. The van der Waals surface area contributed by atoms with Gasteiger partial charge in [0, 0.05) is 31.9 Å². The molecule has 2 amide bonds. The molecule has 3 aromatic rings. The molecule has 2 aromatic carbocycles. The Balaban J connectivity index is 1.52. The maximum atomic E-state index is 13.9. The largest absolute Gasteiger partial charge is 0.478 e. The van der Waals surface area contributed by atoms with Crippen LogP contribution in [0.5, 0.6) is 5.75 Å². The predicted molar refractivity (Wildman–Crippen MR) is 118 cm³/mol.